The molecule has 0 bridgehead atoms. The summed E-state index contributed by atoms with van der Waals surface area (Å²) in [4.78, 5) is 26.5. The van der Waals surface area contributed by atoms with Crippen LogP contribution < -0.4 is 5.32 Å². The fourth-order valence-electron chi connectivity index (χ4n) is 2.74. The predicted molar refractivity (Wildman–Crippen MR) is 76.6 cm³/mol. The summed E-state index contributed by atoms with van der Waals surface area (Å²) in [6.45, 7) is 0.690. The average molecular weight is 268 g/mol. The van der Waals surface area contributed by atoms with Gasteiger partial charge < -0.3 is 5.32 Å². The van der Waals surface area contributed by atoms with Crippen LogP contribution in [0.25, 0.3) is 10.9 Å². The Labute approximate surface area is 117 Å². The number of fused-ring (bicyclic) bond motifs is 1. The third-order valence-corrected chi connectivity index (χ3v) is 3.91. The Morgan fingerprint density at radius 1 is 1.20 bits per heavy atom. The van der Waals surface area contributed by atoms with Gasteiger partial charge in [0.05, 0.1) is 11.6 Å². The first-order valence-electron chi connectivity index (χ1n) is 6.86. The van der Waals surface area contributed by atoms with Gasteiger partial charge in [-0.1, -0.05) is 24.3 Å². The van der Waals surface area contributed by atoms with Crippen LogP contribution in [-0.2, 0) is 9.59 Å². The lowest BCUT2D eigenvalue weighted by molar-refractivity contribution is -0.131. The van der Waals surface area contributed by atoms with Crippen LogP contribution in [0, 0.1) is 0 Å². The monoisotopic (exact) mass is 268 g/mol. The van der Waals surface area contributed by atoms with E-state index in [0.717, 1.165) is 23.0 Å². The van der Waals surface area contributed by atoms with Crippen molar-refractivity contribution in [1.82, 2.24) is 10.3 Å². The second-order valence-corrected chi connectivity index (χ2v) is 5.18. The van der Waals surface area contributed by atoms with Crippen molar-refractivity contribution < 1.29 is 9.59 Å². The van der Waals surface area contributed by atoms with E-state index in [1.807, 2.05) is 24.3 Å². The van der Waals surface area contributed by atoms with Gasteiger partial charge in [0, 0.05) is 23.5 Å². The molecular weight excluding hydrogens is 252 g/mol. The molecular formula is C16H16N2O2. The molecule has 1 aromatic heterocycles. The van der Waals surface area contributed by atoms with E-state index in [1.54, 1.807) is 0 Å². The zero-order chi connectivity index (χ0) is 13.9. The second-order valence-electron chi connectivity index (χ2n) is 5.18. The number of piperidine rings is 1. The molecule has 0 saturated carbocycles. The molecule has 1 aromatic carbocycles. The first kappa shape index (κ1) is 12.9. The molecule has 3 rings (SSSR count). The van der Waals surface area contributed by atoms with E-state index >= 15 is 0 Å². The van der Waals surface area contributed by atoms with Gasteiger partial charge in [0.15, 0.2) is 6.29 Å². The van der Waals surface area contributed by atoms with Gasteiger partial charge in [0.25, 0.3) is 0 Å². The van der Waals surface area contributed by atoms with Crippen LogP contribution in [0.1, 0.15) is 24.5 Å². The van der Waals surface area contributed by atoms with Crippen LogP contribution in [0.2, 0.25) is 0 Å². The summed E-state index contributed by atoms with van der Waals surface area (Å²) in [6.07, 6.45) is 1.98. The Hall–Kier alpha value is -2.07. The van der Waals surface area contributed by atoms with Crippen LogP contribution in [-0.4, -0.2) is 29.6 Å². The van der Waals surface area contributed by atoms with Gasteiger partial charge in [0.1, 0.15) is 0 Å². The molecule has 2 unspecified atom stereocenters. The number of rotatable bonds is 3. The summed E-state index contributed by atoms with van der Waals surface area (Å²) < 4.78 is 0. The highest BCUT2D eigenvalue weighted by Gasteiger charge is 2.26. The van der Waals surface area contributed by atoms with E-state index in [-0.39, 0.29) is 11.8 Å². The highest BCUT2D eigenvalue weighted by molar-refractivity contribution is 6.27. The fraction of sp³-hybridized carbons (Fsp3) is 0.312. The summed E-state index contributed by atoms with van der Waals surface area (Å²) >= 11 is 0. The van der Waals surface area contributed by atoms with Crippen LogP contribution >= 0.6 is 0 Å². The largest absolute Gasteiger partial charge is 0.306 e. The van der Waals surface area contributed by atoms with Gasteiger partial charge in [-0.3, -0.25) is 14.6 Å². The summed E-state index contributed by atoms with van der Waals surface area (Å²) in [6, 6.07) is 11.9. The van der Waals surface area contributed by atoms with Crippen molar-refractivity contribution in [2.45, 2.75) is 24.8 Å². The minimum absolute atomic E-state index is 0.301. The van der Waals surface area contributed by atoms with Crippen molar-refractivity contribution >= 4 is 23.0 Å². The smallest absolute Gasteiger partial charge is 0.212 e. The maximum Gasteiger partial charge on any atom is 0.212 e. The van der Waals surface area contributed by atoms with Gasteiger partial charge in [0.2, 0.25) is 5.78 Å². The topological polar surface area (TPSA) is 59.1 Å². The molecule has 4 heteroatoms. The fourth-order valence-corrected chi connectivity index (χ4v) is 2.74. The molecule has 20 heavy (non-hydrogen) atoms. The number of nitrogens with one attached hydrogen (secondary N) is 1. The van der Waals surface area contributed by atoms with Crippen molar-refractivity contribution in [2.75, 3.05) is 6.54 Å². The van der Waals surface area contributed by atoms with E-state index in [2.05, 4.69) is 17.4 Å². The van der Waals surface area contributed by atoms with Gasteiger partial charge in [-0.15, -0.1) is 0 Å². The molecule has 0 aliphatic carbocycles. The average Bonchev–Trinajstić information content (AvgIpc) is 2.54. The number of benzene rings is 1. The summed E-state index contributed by atoms with van der Waals surface area (Å²) in [5.41, 5.74) is 2.05. The Morgan fingerprint density at radius 2 is 2.05 bits per heavy atom. The third kappa shape index (κ3) is 2.47. The van der Waals surface area contributed by atoms with Crippen molar-refractivity contribution in [1.29, 1.82) is 0 Å². The molecule has 4 nitrogen and oxygen atoms in total. The van der Waals surface area contributed by atoms with Crippen molar-refractivity contribution in [3.05, 3.63) is 42.1 Å². The Bertz CT molecular complexity index is 646. The van der Waals surface area contributed by atoms with Crippen LogP contribution in [0.3, 0.4) is 0 Å². The Kier molecular flexibility index (Phi) is 3.56. The van der Waals surface area contributed by atoms with Crippen molar-refractivity contribution in [3.63, 3.8) is 0 Å². The lowest BCUT2D eigenvalue weighted by atomic mass is 9.90. The lowest BCUT2D eigenvalue weighted by Gasteiger charge is -2.27. The number of nitrogens with zero attached hydrogens (tertiary/aromatic N) is 1. The minimum Gasteiger partial charge on any atom is -0.306 e. The number of hydrogen-bond donors (Lipinski definition) is 1. The molecule has 1 N–H and O–H groups in total. The minimum atomic E-state index is -0.352. The Morgan fingerprint density at radius 3 is 2.80 bits per heavy atom. The van der Waals surface area contributed by atoms with Gasteiger partial charge in [-0.05, 0) is 25.0 Å². The van der Waals surface area contributed by atoms with Gasteiger partial charge in [-0.2, -0.15) is 0 Å². The summed E-state index contributed by atoms with van der Waals surface area (Å²) in [5, 5.41) is 4.28. The first-order chi connectivity index (χ1) is 9.78. The highest BCUT2D eigenvalue weighted by Crippen LogP contribution is 2.25. The lowest BCUT2D eigenvalue weighted by Crippen LogP contribution is -2.43. The number of carbonyl (C=O) groups excluding carboxylic acids is 2. The normalized spacial score (nSPS) is 22.6. The van der Waals surface area contributed by atoms with Crippen LogP contribution in [0.15, 0.2) is 36.4 Å². The van der Waals surface area contributed by atoms with Crippen LogP contribution in [0.5, 0.6) is 0 Å². The highest BCUT2D eigenvalue weighted by atomic mass is 16.2. The third-order valence-electron chi connectivity index (χ3n) is 3.91. The SMILES string of the molecule is O=CC(=O)C1CCC(c2ccc3ccccc3n2)CN1. The first-order valence-corrected chi connectivity index (χ1v) is 6.86. The van der Waals surface area contributed by atoms with E-state index < -0.39 is 0 Å². The number of aromatic nitrogens is 1. The number of Topliss-reactive ketones (excluding diaryl/α,β-unsaturated/α-hetero) is 1. The summed E-state index contributed by atoms with van der Waals surface area (Å²) in [5.74, 6) is -0.0507. The molecule has 0 amide bonds. The molecule has 1 aliphatic rings. The van der Waals surface area contributed by atoms with E-state index in [4.69, 9.17) is 4.98 Å². The second kappa shape index (κ2) is 5.51. The Balaban J connectivity index is 1.76. The van der Waals surface area contributed by atoms with Crippen molar-refractivity contribution in [3.8, 4) is 0 Å². The molecule has 1 fully saturated rings. The maximum atomic E-state index is 11.3. The zero-order valence-corrected chi connectivity index (χ0v) is 11.1. The molecule has 102 valence electrons. The molecule has 2 heterocycles. The zero-order valence-electron chi connectivity index (χ0n) is 11.1. The molecule has 2 aromatic rings. The van der Waals surface area contributed by atoms with E-state index in [9.17, 15) is 9.59 Å². The summed E-state index contributed by atoms with van der Waals surface area (Å²) in [7, 11) is 0. The number of hydrogen-bond acceptors (Lipinski definition) is 4. The molecule has 0 spiro atoms. The quantitative estimate of drug-likeness (QED) is 0.681. The maximum absolute atomic E-state index is 11.3. The van der Waals surface area contributed by atoms with Crippen LogP contribution in [0.4, 0.5) is 0 Å². The number of pyridine rings is 1. The molecule has 2 atom stereocenters. The van der Waals surface area contributed by atoms with Gasteiger partial charge >= 0.3 is 0 Å². The van der Waals surface area contributed by atoms with Gasteiger partial charge in [-0.25, -0.2) is 0 Å². The number of carbonyl (C=O) groups is 2. The van der Waals surface area contributed by atoms with E-state index in [0.29, 0.717) is 25.2 Å². The molecule has 1 saturated heterocycles. The number of aldehydes is 1. The number of para-hydroxylation sites is 1. The predicted octanol–water partition coefficient (Wildman–Crippen LogP) is 1.84. The standard InChI is InChI=1S/C16H16N2O2/c19-10-16(20)15-8-6-12(9-17-15)14-7-5-11-3-1-2-4-13(11)18-14/h1-5,7,10,12,15,17H,6,8-9H2. The van der Waals surface area contributed by atoms with Crippen molar-refractivity contribution in [2.24, 2.45) is 0 Å². The molecule has 1 aliphatic heterocycles. The molecule has 0 radical (unpaired) electrons. The van der Waals surface area contributed by atoms with E-state index in [1.165, 1.54) is 0 Å². The number of ketones is 1.